The lowest BCUT2D eigenvalue weighted by molar-refractivity contribution is -0.126. The highest BCUT2D eigenvalue weighted by molar-refractivity contribution is 7.86. The Bertz CT molecular complexity index is 531. The summed E-state index contributed by atoms with van der Waals surface area (Å²) in [7, 11) is -3.88. The van der Waals surface area contributed by atoms with Crippen LogP contribution in [-0.2, 0) is 19.1 Å². The highest BCUT2D eigenvalue weighted by Gasteiger charge is 2.26. The van der Waals surface area contributed by atoms with Crippen LogP contribution in [0.15, 0.2) is 29.2 Å². The summed E-state index contributed by atoms with van der Waals surface area (Å²) in [5.74, 6) is -0.148. The quantitative estimate of drug-likeness (QED) is 0.691. The number of hydrogen-bond donors (Lipinski definition) is 0. The van der Waals surface area contributed by atoms with Gasteiger partial charge in [0.2, 0.25) is 0 Å². The van der Waals surface area contributed by atoms with E-state index in [1.807, 2.05) is 20.8 Å². The molecule has 0 saturated heterocycles. The van der Waals surface area contributed by atoms with E-state index in [2.05, 4.69) is 0 Å². The minimum Gasteiger partial charge on any atom is -0.297 e. The van der Waals surface area contributed by atoms with Gasteiger partial charge in [-0.05, 0) is 31.9 Å². The summed E-state index contributed by atoms with van der Waals surface area (Å²) in [4.78, 5) is 12.0. The van der Waals surface area contributed by atoms with E-state index in [-0.39, 0.29) is 10.7 Å². The predicted octanol–water partition coefficient (Wildman–Crippen LogP) is 3.24. The lowest BCUT2D eigenvalue weighted by Crippen LogP contribution is -2.27. The molecule has 1 aromatic carbocycles. The summed E-state index contributed by atoms with van der Waals surface area (Å²) >= 11 is 0. The van der Waals surface area contributed by atoms with E-state index in [0.29, 0.717) is 25.7 Å². The molecule has 0 aliphatic heterocycles. The average molecular weight is 298 g/mol. The molecule has 0 radical (unpaired) electrons. The van der Waals surface area contributed by atoms with Gasteiger partial charge >= 0.3 is 0 Å². The van der Waals surface area contributed by atoms with Crippen LogP contribution in [0.2, 0.25) is 0 Å². The lowest BCUT2D eigenvalue weighted by Gasteiger charge is -2.15. The Morgan fingerprint density at radius 1 is 1.15 bits per heavy atom. The normalized spacial score (nSPS) is 13.2. The van der Waals surface area contributed by atoms with Gasteiger partial charge < -0.3 is 0 Å². The van der Waals surface area contributed by atoms with Crippen LogP contribution in [0.5, 0.6) is 0 Å². The van der Waals surface area contributed by atoms with Gasteiger partial charge in [0.1, 0.15) is 6.10 Å². The fourth-order valence-electron chi connectivity index (χ4n) is 1.85. The molecule has 5 heteroatoms. The Hall–Kier alpha value is -1.20. The maximum Gasteiger partial charge on any atom is 0.297 e. The van der Waals surface area contributed by atoms with Gasteiger partial charge in [-0.15, -0.1) is 0 Å². The van der Waals surface area contributed by atoms with E-state index in [9.17, 15) is 13.2 Å². The second-order valence-corrected chi connectivity index (χ2v) is 6.43. The van der Waals surface area contributed by atoms with Crippen LogP contribution in [0.3, 0.4) is 0 Å². The van der Waals surface area contributed by atoms with Gasteiger partial charge in [0.25, 0.3) is 10.1 Å². The van der Waals surface area contributed by atoms with Crippen molar-refractivity contribution in [3.05, 3.63) is 29.8 Å². The standard InChI is InChI=1S/C15H22O4S/c1-4-6-14(16)15(7-5-2)19-20(17,18)13-10-8-12(3)9-11-13/h8-11,15H,4-7H2,1-3H3. The first-order chi connectivity index (χ1) is 9.40. The Balaban J connectivity index is 2.91. The molecule has 0 aromatic heterocycles. The van der Waals surface area contributed by atoms with Crippen molar-refractivity contribution < 1.29 is 17.4 Å². The van der Waals surface area contributed by atoms with Gasteiger partial charge in [-0.2, -0.15) is 8.42 Å². The molecule has 0 aliphatic carbocycles. The van der Waals surface area contributed by atoms with Gasteiger partial charge in [0, 0.05) is 6.42 Å². The lowest BCUT2D eigenvalue weighted by atomic mass is 10.1. The third kappa shape index (κ3) is 4.72. The molecule has 1 rings (SSSR count). The first-order valence-corrected chi connectivity index (χ1v) is 8.34. The number of Topliss-reactive ketones (excluding diaryl/α,β-unsaturated/α-hetero) is 1. The molecule has 0 fully saturated rings. The number of carbonyl (C=O) groups excluding carboxylic acids is 1. The Morgan fingerprint density at radius 3 is 2.25 bits per heavy atom. The monoisotopic (exact) mass is 298 g/mol. The third-order valence-electron chi connectivity index (χ3n) is 2.96. The van der Waals surface area contributed by atoms with Crippen molar-refractivity contribution in [2.24, 2.45) is 0 Å². The molecule has 1 atom stereocenters. The Kier molecular flexibility index (Phi) is 6.36. The van der Waals surface area contributed by atoms with E-state index >= 15 is 0 Å². The number of carbonyl (C=O) groups is 1. The molecule has 1 aromatic rings. The average Bonchev–Trinajstić information content (AvgIpc) is 2.39. The first kappa shape index (κ1) is 16.9. The summed E-state index contributed by atoms with van der Waals surface area (Å²) in [5.41, 5.74) is 0.969. The predicted molar refractivity (Wildman–Crippen MR) is 78.1 cm³/mol. The number of ketones is 1. The molecule has 0 bridgehead atoms. The van der Waals surface area contributed by atoms with Crippen LogP contribution in [0, 0.1) is 6.92 Å². The zero-order chi connectivity index (χ0) is 15.2. The zero-order valence-electron chi connectivity index (χ0n) is 12.3. The van der Waals surface area contributed by atoms with E-state index in [1.54, 1.807) is 12.1 Å². The van der Waals surface area contributed by atoms with Crippen molar-refractivity contribution >= 4 is 15.9 Å². The van der Waals surface area contributed by atoms with Crippen molar-refractivity contribution in [2.45, 2.75) is 57.5 Å². The van der Waals surface area contributed by atoms with Crippen LogP contribution < -0.4 is 0 Å². The molecule has 20 heavy (non-hydrogen) atoms. The van der Waals surface area contributed by atoms with Gasteiger partial charge in [-0.3, -0.25) is 8.98 Å². The summed E-state index contributed by atoms with van der Waals surface area (Å²) < 4.78 is 29.5. The first-order valence-electron chi connectivity index (χ1n) is 6.93. The van der Waals surface area contributed by atoms with Gasteiger partial charge in [0.15, 0.2) is 5.78 Å². The molecular weight excluding hydrogens is 276 g/mol. The van der Waals surface area contributed by atoms with Crippen molar-refractivity contribution in [2.75, 3.05) is 0 Å². The maximum absolute atomic E-state index is 12.2. The Morgan fingerprint density at radius 2 is 1.75 bits per heavy atom. The zero-order valence-corrected chi connectivity index (χ0v) is 13.1. The molecule has 0 aliphatic rings. The van der Waals surface area contributed by atoms with Crippen LogP contribution in [0.25, 0.3) is 0 Å². The number of benzene rings is 1. The van der Waals surface area contributed by atoms with Crippen molar-refractivity contribution in [1.29, 1.82) is 0 Å². The smallest absolute Gasteiger partial charge is 0.297 e. The molecular formula is C15H22O4S. The van der Waals surface area contributed by atoms with E-state index in [4.69, 9.17) is 4.18 Å². The summed E-state index contributed by atoms with van der Waals surface area (Å²) in [5, 5.41) is 0. The minimum absolute atomic E-state index is 0.0912. The molecule has 0 saturated carbocycles. The van der Waals surface area contributed by atoms with Gasteiger partial charge in [0.05, 0.1) is 4.90 Å². The van der Waals surface area contributed by atoms with Gasteiger partial charge in [-0.25, -0.2) is 0 Å². The molecule has 0 heterocycles. The van der Waals surface area contributed by atoms with Gasteiger partial charge in [-0.1, -0.05) is 38.0 Å². The molecule has 112 valence electrons. The van der Waals surface area contributed by atoms with Crippen LogP contribution in [-0.4, -0.2) is 20.3 Å². The molecule has 0 spiro atoms. The number of aryl methyl sites for hydroxylation is 1. The molecule has 1 unspecified atom stereocenters. The fourth-order valence-corrected chi connectivity index (χ4v) is 2.94. The number of rotatable bonds is 8. The van der Waals surface area contributed by atoms with Crippen molar-refractivity contribution in [1.82, 2.24) is 0 Å². The molecule has 4 nitrogen and oxygen atoms in total. The minimum atomic E-state index is -3.88. The van der Waals surface area contributed by atoms with E-state index < -0.39 is 16.2 Å². The summed E-state index contributed by atoms with van der Waals surface area (Å²) in [6.07, 6.45) is 1.28. The van der Waals surface area contributed by atoms with Crippen LogP contribution in [0.1, 0.15) is 45.1 Å². The fraction of sp³-hybridized carbons (Fsp3) is 0.533. The third-order valence-corrected chi connectivity index (χ3v) is 4.29. The second-order valence-electron chi connectivity index (χ2n) is 4.86. The SMILES string of the molecule is CCCC(=O)C(CCC)OS(=O)(=O)c1ccc(C)cc1. The topological polar surface area (TPSA) is 60.4 Å². The molecule has 0 amide bonds. The Labute approximate surface area is 121 Å². The van der Waals surface area contributed by atoms with Crippen molar-refractivity contribution in [3.63, 3.8) is 0 Å². The van der Waals surface area contributed by atoms with E-state index in [1.165, 1.54) is 12.1 Å². The van der Waals surface area contributed by atoms with Crippen LogP contribution >= 0.6 is 0 Å². The van der Waals surface area contributed by atoms with Crippen molar-refractivity contribution in [3.8, 4) is 0 Å². The number of hydrogen-bond acceptors (Lipinski definition) is 4. The molecule has 0 N–H and O–H groups in total. The second kappa shape index (κ2) is 7.55. The maximum atomic E-state index is 12.2. The largest absolute Gasteiger partial charge is 0.297 e. The van der Waals surface area contributed by atoms with Crippen LogP contribution in [0.4, 0.5) is 0 Å². The summed E-state index contributed by atoms with van der Waals surface area (Å²) in [6, 6.07) is 6.41. The summed E-state index contributed by atoms with van der Waals surface area (Å²) in [6.45, 7) is 5.66. The highest BCUT2D eigenvalue weighted by Crippen LogP contribution is 2.18. The van der Waals surface area contributed by atoms with E-state index in [0.717, 1.165) is 5.56 Å². The highest BCUT2D eigenvalue weighted by atomic mass is 32.2.